The fourth-order valence-corrected chi connectivity index (χ4v) is 3.63. The minimum atomic E-state index is 0. The first kappa shape index (κ1) is 21.0. The molecule has 0 radical (unpaired) electrons. The van der Waals surface area contributed by atoms with Gasteiger partial charge in [0.1, 0.15) is 17.0 Å². The number of amides is 1. The second-order valence-electron chi connectivity index (χ2n) is 5.53. The molecule has 1 aliphatic heterocycles. The summed E-state index contributed by atoms with van der Waals surface area (Å²) in [5.74, 6) is 0.0553. The monoisotopic (exact) mass is 391 g/mol. The largest absolute Gasteiger partial charge is 0.472 e. The summed E-state index contributed by atoms with van der Waals surface area (Å²) in [6, 6.07) is 2.19. The molecule has 0 atom stereocenters. The Bertz CT molecular complexity index is 613. The zero-order valence-corrected chi connectivity index (χ0v) is 16.0. The van der Waals surface area contributed by atoms with Gasteiger partial charge in [-0.3, -0.25) is 4.79 Å². The summed E-state index contributed by atoms with van der Waals surface area (Å²) in [7, 11) is 0. The molecule has 1 N–H and O–H groups in total. The fraction of sp³-hybridized carbons (Fsp3) is 0.500. The molecule has 0 aromatic carbocycles. The van der Waals surface area contributed by atoms with Gasteiger partial charge in [0, 0.05) is 23.5 Å². The lowest BCUT2D eigenvalue weighted by molar-refractivity contribution is 0.0637. The lowest BCUT2D eigenvalue weighted by Crippen LogP contribution is -2.46. The molecule has 1 fully saturated rings. The van der Waals surface area contributed by atoms with Gasteiger partial charge in [-0.1, -0.05) is 6.92 Å². The number of rotatable bonds is 5. The molecule has 24 heavy (non-hydrogen) atoms. The molecule has 5 nitrogen and oxygen atoms in total. The van der Waals surface area contributed by atoms with Crippen molar-refractivity contribution in [1.82, 2.24) is 15.2 Å². The van der Waals surface area contributed by atoms with E-state index >= 15 is 0 Å². The van der Waals surface area contributed by atoms with Gasteiger partial charge in [-0.15, -0.1) is 36.2 Å². The Morgan fingerprint density at radius 3 is 2.79 bits per heavy atom. The Morgan fingerprint density at radius 1 is 1.42 bits per heavy atom. The van der Waals surface area contributed by atoms with E-state index in [2.05, 4.69) is 17.2 Å². The third-order valence-corrected chi connectivity index (χ3v) is 4.86. The van der Waals surface area contributed by atoms with Crippen LogP contribution >= 0.6 is 36.2 Å². The Morgan fingerprint density at radius 2 is 2.17 bits per heavy atom. The van der Waals surface area contributed by atoms with Crippen LogP contribution in [0.1, 0.15) is 36.7 Å². The smallest absolute Gasteiger partial charge is 0.273 e. The number of aromatic nitrogens is 1. The van der Waals surface area contributed by atoms with E-state index in [0.717, 1.165) is 49.5 Å². The number of carbonyl (C=O) groups is 1. The van der Waals surface area contributed by atoms with Gasteiger partial charge in [0.25, 0.3) is 5.91 Å². The molecule has 3 rings (SSSR count). The van der Waals surface area contributed by atoms with Crippen molar-refractivity contribution < 1.29 is 9.21 Å². The van der Waals surface area contributed by atoms with Crippen LogP contribution in [0.2, 0.25) is 0 Å². The maximum absolute atomic E-state index is 12.8. The lowest BCUT2D eigenvalue weighted by atomic mass is 10.0. The molecule has 1 aliphatic rings. The summed E-state index contributed by atoms with van der Waals surface area (Å²) in [4.78, 5) is 19.4. The van der Waals surface area contributed by atoms with Gasteiger partial charge in [0.15, 0.2) is 0 Å². The van der Waals surface area contributed by atoms with Crippen molar-refractivity contribution in [3.8, 4) is 10.6 Å². The van der Waals surface area contributed by atoms with Crippen molar-refractivity contribution in [3.63, 3.8) is 0 Å². The highest BCUT2D eigenvalue weighted by molar-refractivity contribution is 7.13. The highest BCUT2D eigenvalue weighted by atomic mass is 35.5. The zero-order valence-electron chi connectivity index (χ0n) is 13.6. The third-order valence-electron chi connectivity index (χ3n) is 3.97. The molecule has 1 saturated heterocycles. The average Bonchev–Trinajstić information content (AvgIpc) is 3.23. The first-order chi connectivity index (χ1) is 10.8. The van der Waals surface area contributed by atoms with Crippen LogP contribution in [-0.2, 0) is 0 Å². The molecule has 8 heteroatoms. The minimum Gasteiger partial charge on any atom is -0.472 e. The van der Waals surface area contributed by atoms with Crippen LogP contribution in [-0.4, -0.2) is 41.5 Å². The second kappa shape index (κ2) is 10.0. The highest BCUT2D eigenvalue weighted by Gasteiger charge is 2.27. The molecule has 0 unspecified atom stereocenters. The Labute approximate surface area is 158 Å². The zero-order chi connectivity index (χ0) is 15.4. The predicted molar refractivity (Wildman–Crippen MR) is 102 cm³/mol. The lowest BCUT2D eigenvalue weighted by Gasteiger charge is -2.34. The number of furan rings is 1. The first-order valence-corrected chi connectivity index (χ1v) is 8.67. The number of piperidine rings is 1. The maximum Gasteiger partial charge on any atom is 0.273 e. The molecule has 0 aliphatic carbocycles. The number of hydrogen-bond donors (Lipinski definition) is 1. The van der Waals surface area contributed by atoms with Crippen molar-refractivity contribution in [3.05, 3.63) is 29.7 Å². The normalized spacial score (nSPS) is 14.5. The minimum absolute atomic E-state index is 0. The number of hydrogen-bond acceptors (Lipinski definition) is 5. The van der Waals surface area contributed by atoms with Gasteiger partial charge in [-0.05, 0) is 38.4 Å². The van der Waals surface area contributed by atoms with E-state index in [0.29, 0.717) is 11.7 Å². The summed E-state index contributed by atoms with van der Waals surface area (Å²) < 4.78 is 5.08. The topological polar surface area (TPSA) is 58.4 Å². The van der Waals surface area contributed by atoms with Gasteiger partial charge in [0.2, 0.25) is 0 Å². The van der Waals surface area contributed by atoms with Gasteiger partial charge < -0.3 is 14.6 Å². The number of thiazole rings is 1. The number of halogens is 2. The highest BCUT2D eigenvalue weighted by Crippen LogP contribution is 2.25. The average molecular weight is 392 g/mol. The fourth-order valence-electron chi connectivity index (χ4n) is 2.85. The summed E-state index contributed by atoms with van der Waals surface area (Å²) in [6.45, 7) is 4.87. The number of nitrogens with one attached hydrogen (secondary N) is 1. The maximum atomic E-state index is 12.8. The van der Waals surface area contributed by atoms with Crippen LogP contribution in [0.3, 0.4) is 0 Å². The summed E-state index contributed by atoms with van der Waals surface area (Å²) in [5, 5.41) is 6.04. The van der Waals surface area contributed by atoms with E-state index in [1.54, 1.807) is 12.5 Å². The number of carbonyl (C=O) groups excluding carboxylic acids is 1. The van der Waals surface area contributed by atoms with E-state index < -0.39 is 0 Å². The van der Waals surface area contributed by atoms with Crippen LogP contribution in [0.25, 0.3) is 10.6 Å². The quantitative estimate of drug-likeness (QED) is 0.840. The van der Waals surface area contributed by atoms with Crippen molar-refractivity contribution >= 4 is 42.1 Å². The van der Waals surface area contributed by atoms with Crippen molar-refractivity contribution in [2.75, 3.05) is 19.6 Å². The predicted octanol–water partition coefficient (Wildman–Crippen LogP) is 3.85. The van der Waals surface area contributed by atoms with Crippen LogP contribution < -0.4 is 5.32 Å². The van der Waals surface area contributed by atoms with E-state index in [4.69, 9.17) is 4.42 Å². The molecule has 1 amide bonds. The third kappa shape index (κ3) is 4.72. The molecular weight excluding hydrogens is 369 g/mol. The van der Waals surface area contributed by atoms with E-state index in [9.17, 15) is 4.79 Å². The molecule has 0 spiro atoms. The molecule has 2 aromatic rings. The Hall–Kier alpha value is -1.08. The Kier molecular flexibility index (Phi) is 8.76. The molecule has 134 valence electrons. The molecular formula is C16H23Cl2N3O2S. The van der Waals surface area contributed by atoms with Crippen LogP contribution in [0.15, 0.2) is 28.4 Å². The summed E-state index contributed by atoms with van der Waals surface area (Å²) in [5.41, 5.74) is 1.47. The van der Waals surface area contributed by atoms with Gasteiger partial charge in [-0.2, -0.15) is 0 Å². The van der Waals surface area contributed by atoms with Gasteiger partial charge in [-0.25, -0.2) is 4.98 Å². The van der Waals surface area contributed by atoms with Gasteiger partial charge in [0.05, 0.1) is 6.26 Å². The summed E-state index contributed by atoms with van der Waals surface area (Å²) in [6.07, 6.45) is 6.28. The second-order valence-corrected chi connectivity index (χ2v) is 6.39. The Balaban J connectivity index is 0.00000144. The SMILES string of the molecule is CCCN(C(=O)c1csc(-c2ccoc2)n1)C1CCNCC1.Cl.Cl. The van der Waals surface area contributed by atoms with Crippen LogP contribution in [0.5, 0.6) is 0 Å². The van der Waals surface area contributed by atoms with Crippen molar-refractivity contribution in [1.29, 1.82) is 0 Å². The molecule has 0 saturated carbocycles. The van der Waals surface area contributed by atoms with Crippen LogP contribution in [0.4, 0.5) is 0 Å². The molecule has 0 bridgehead atoms. The van der Waals surface area contributed by atoms with E-state index in [1.807, 2.05) is 16.3 Å². The van der Waals surface area contributed by atoms with Crippen molar-refractivity contribution in [2.24, 2.45) is 0 Å². The number of nitrogens with zero attached hydrogens (tertiary/aromatic N) is 2. The summed E-state index contributed by atoms with van der Waals surface area (Å²) >= 11 is 1.49. The standard InChI is InChI=1S/C16H21N3O2S.2ClH/c1-2-8-19(13-3-6-17-7-4-13)16(20)14-11-22-15(18-14)12-5-9-21-10-12;;/h5,9-11,13,17H,2-4,6-8H2,1H3;2*1H. The first-order valence-electron chi connectivity index (χ1n) is 7.79. The van der Waals surface area contributed by atoms with E-state index in [-0.39, 0.29) is 30.7 Å². The van der Waals surface area contributed by atoms with Gasteiger partial charge >= 0.3 is 0 Å². The van der Waals surface area contributed by atoms with Crippen molar-refractivity contribution in [2.45, 2.75) is 32.2 Å². The molecule has 3 heterocycles. The van der Waals surface area contributed by atoms with Crippen LogP contribution in [0, 0.1) is 0 Å². The van der Waals surface area contributed by atoms with E-state index in [1.165, 1.54) is 11.3 Å². The molecule has 2 aromatic heterocycles.